The van der Waals surface area contributed by atoms with Crippen LogP contribution >= 0.6 is 0 Å². The Morgan fingerprint density at radius 2 is 0.831 bits per heavy atom. The molecule has 12 rings (SSSR count). The normalized spacial score (nSPS) is 11.7. The molecule has 4 aromatic heterocycles. The Kier molecular flexibility index (Phi) is 7.16. The average molecular weight is 755 g/mol. The maximum Gasteiger partial charge on any atom is 0.222 e. The molecule has 4 heterocycles. The van der Waals surface area contributed by atoms with Gasteiger partial charge in [0.15, 0.2) is 17.5 Å². The minimum atomic E-state index is 0.479. The summed E-state index contributed by atoms with van der Waals surface area (Å²) < 4.78 is 11.7. The summed E-state index contributed by atoms with van der Waals surface area (Å²) in [7, 11) is 0. The van der Waals surface area contributed by atoms with Gasteiger partial charge in [0.05, 0.1) is 45.6 Å². The van der Waals surface area contributed by atoms with Gasteiger partial charge in [-0.05, 0) is 36.4 Å². The molecule has 0 bridgehead atoms. The van der Waals surface area contributed by atoms with Crippen LogP contribution < -0.4 is 0 Å². The lowest BCUT2D eigenvalue weighted by molar-refractivity contribution is 0.667. The van der Waals surface area contributed by atoms with Gasteiger partial charge in [-0.1, -0.05) is 146 Å². The van der Waals surface area contributed by atoms with E-state index in [1.54, 1.807) is 0 Å². The highest BCUT2D eigenvalue weighted by Gasteiger charge is 2.27. The molecule has 0 amide bonds. The lowest BCUT2D eigenvalue weighted by Crippen LogP contribution is -2.00. The fourth-order valence-electron chi connectivity index (χ4n) is 8.85. The van der Waals surface area contributed by atoms with Crippen molar-refractivity contribution in [2.75, 3.05) is 0 Å². The molecule has 7 nitrogen and oxygen atoms in total. The number of benzene rings is 8. The second-order valence-corrected chi connectivity index (χ2v) is 14.6. The molecule has 274 valence electrons. The van der Waals surface area contributed by atoms with Crippen LogP contribution in [-0.4, -0.2) is 24.1 Å². The fourth-order valence-corrected chi connectivity index (χ4v) is 8.85. The maximum absolute atomic E-state index is 8.90. The number of nitrogens with zero attached hydrogens (tertiary/aromatic N) is 6. The summed E-state index contributed by atoms with van der Waals surface area (Å²) in [5, 5.41) is 6.04. The van der Waals surface area contributed by atoms with Crippen LogP contribution in [0, 0.1) is 6.57 Å². The van der Waals surface area contributed by atoms with E-state index < -0.39 is 0 Å². The van der Waals surface area contributed by atoms with E-state index in [9.17, 15) is 0 Å². The molecule has 0 N–H and O–H groups in total. The average Bonchev–Trinajstić information content (AvgIpc) is 3.97. The lowest BCUT2D eigenvalue weighted by Gasteiger charge is -2.16. The predicted octanol–water partition coefficient (Wildman–Crippen LogP) is 13.5. The molecule has 0 saturated heterocycles. The van der Waals surface area contributed by atoms with Gasteiger partial charge in [-0.2, -0.15) is 0 Å². The number of hydrogen-bond donors (Lipinski definition) is 0. The van der Waals surface area contributed by atoms with Gasteiger partial charge in [0.1, 0.15) is 11.2 Å². The van der Waals surface area contributed by atoms with E-state index in [0.717, 1.165) is 76.9 Å². The number of furan rings is 1. The van der Waals surface area contributed by atoms with Gasteiger partial charge < -0.3 is 13.6 Å². The molecule has 0 radical (unpaired) electrons. The molecular formula is C52H30N6O. The summed E-state index contributed by atoms with van der Waals surface area (Å²) in [6, 6.07) is 61.9. The van der Waals surface area contributed by atoms with Gasteiger partial charge >= 0.3 is 0 Å². The summed E-state index contributed by atoms with van der Waals surface area (Å²) in [5.41, 5.74) is 9.88. The van der Waals surface area contributed by atoms with Crippen molar-refractivity contribution in [1.29, 1.82) is 0 Å². The number of rotatable bonds is 5. The molecule has 0 fully saturated rings. The van der Waals surface area contributed by atoms with Crippen LogP contribution in [0.15, 0.2) is 186 Å². The molecule has 0 aliphatic carbocycles. The van der Waals surface area contributed by atoms with Crippen LogP contribution in [0.5, 0.6) is 0 Å². The topological polar surface area (TPSA) is 66.0 Å². The number of aromatic nitrogens is 5. The third-order valence-corrected chi connectivity index (χ3v) is 11.4. The summed E-state index contributed by atoms with van der Waals surface area (Å²) in [6.07, 6.45) is 0. The largest absolute Gasteiger partial charge is 0.454 e. The SMILES string of the molecule is [C-]#[N+]c1c(-n2c3ccccc3c3ccccc32)cc(-n2c3ccccc3c3ccccc32)c2oc3c(-c4nc(-c5ccccc5)nc(-c5ccccc5)n4)cccc3c12. The van der Waals surface area contributed by atoms with Gasteiger partial charge in [0.2, 0.25) is 5.69 Å². The monoisotopic (exact) mass is 754 g/mol. The van der Waals surface area contributed by atoms with Crippen LogP contribution in [0.25, 0.3) is 116 Å². The third kappa shape index (κ3) is 4.90. The van der Waals surface area contributed by atoms with Crippen molar-refractivity contribution >= 4 is 71.2 Å². The molecule has 0 unspecified atom stereocenters. The Morgan fingerprint density at radius 1 is 0.407 bits per heavy atom. The molecule has 0 saturated carbocycles. The molecule has 8 aromatic carbocycles. The smallest absolute Gasteiger partial charge is 0.222 e. The quantitative estimate of drug-likeness (QED) is 0.164. The van der Waals surface area contributed by atoms with Gasteiger partial charge in [-0.3, -0.25) is 0 Å². The highest BCUT2D eigenvalue weighted by Crippen LogP contribution is 2.48. The van der Waals surface area contributed by atoms with E-state index in [1.807, 2.05) is 78.9 Å². The van der Waals surface area contributed by atoms with Crippen molar-refractivity contribution in [3.8, 4) is 45.5 Å². The van der Waals surface area contributed by atoms with Crippen LogP contribution in [0.2, 0.25) is 0 Å². The summed E-state index contributed by atoms with van der Waals surface area (Å²) >= 11 is 0. The zero-order chi connectivity index (χ0) is 39.0. The first kappa shape index (κ1) is 32.9. The first-order chi connectivity index (χ1) is 29.2. The van der Waals surface area contributed by atoms with Crippen molar-refractivity contribution in [1.82, 2.24) is 24.1 Å². The number of para-hydroxylation sites is 5. The maximum atomic E-state index is 8.90. The van der Waals surface area contributed by atoms with Crippen molar-refractivity contribution in [2.24, 2.45) is 0 Å². The van der Waals surface area contributed by atoms with Crippen LogP contribution in [-0.2, 0) is 0 Å². The van der Waals surface area contributed by atoms with E-state index in [4.69, 9.17) is 25.9 Å². The Labute approximate surface area is 337 Å². The number of hydrogen-bond acceptors (Lipinski definition) is 4. The Bertz CT molecular complexity index is 3520. The molecule has 0 spiro atoms. The predicted molar refractivity (Wildman–Crippen MR) is 238 cm³/mol. The number of fused-ring (bicyclic) bond motifs is 9. The Balaban J connectivity index is 1.23. The van der Waals surface area contributed by atoms with Crippen LogP contribution in [0.4, 0.5) is 5.69 Å². The summed E-state index contributed by atoms with van der Waals surface area (Å²) in [4.78, 5) is 19.5. The minimum Gasteiger partial charge on any atom is -0.454 e. The molecular weight excluding hydrogens is 725 g/mol. The summed E-state index contributed by atoms with van der Waals surface area (Å²) in [6.45, 7) is 8.90. The molecule has 0 atom stereocenters. The zero-order valence-corrected chi connectivity index (χ0v) is 31.4. The second kappa shape index (κ2) is 12.8. The zero-order valence-electron chi connectivity index (χ0n) is 31.4. The van der Waals surface area contributed by atoms with Gasteiger partial charge in [-0.25, -0.2) is 19.8 Å². The second-order valence-electron chi connectivity index (χ2n) is 14.6. The van der Waals surface area contributed by atoms with E-state index in [1.165, 1.54) is 0 Å². The van der Waals surface area contributed by atoms with Gasteiger partial charge in [-0.15, -0.1) is 0 Å². The van der Waals surface area contributed by atoms with Crippen molar-refractivity contribution in [2.45, 2.75) is 0 Å². The van der Waals surface area contributed by atoms with Crippen molar-refractivity contribution in [3.05, 3.63) is 193 Å². The van der Waals surface area contributed by atoms with Gasteiger partial charge in [0.25, 0.3) is 0 Å². The highest BCUT2D eigenvalue weighted by atomic mass is 16.3. The minimum absolute atomic E-state index is 0.479. The van der Waals surface area contributed by atoms with Crippen molar-refractivity contribution < 1.29 is 4.42 Å². The Morgan fingerprint density at radius 3 is 1.32 bits per heavy atom. The van der Waals surface area contributed by atoms with E-state index in [-0.39, 0.29) is 0 Å². The van der Waals surface area contributed by atoms with Crippen molar-refractivity contribution in [3.63, 3.8) is 0 Å². The van der Waals surface area contributed by atoms with E-state index in [2.05, 4.69) is 117 Å². The lowest BCUT2D eigenvalue weighted by atomic mass is 10.0. The van der Waals surface area contributed by atoms with Crippen LogP contribution in [0.3, 0.4) is 0 Å². The molecule has 0 aliphatic heterocycles. The van der Waals surface area contributed by atoms with E-state index >= 15 is 0 Å². The molecule has 59 heavy (non-hydrogen) atoms. The van der Waals surface area contributed by atoms with E-state index in [0.29, 0.717) is 39.9 Å². The molecule has 7 heteroatoms. The third-order valence-electron chi connectivity index (χ3n) is 11.4. The first-order valence-corrected chi connectivity index (χ1v) is 19.5. The van der Waals surface area contributed by atoms with Gasteiger partial charge in [0, 0.05) is 43.4 Å². The summed E-state index contributed by atoms with van der Waals surface area (Å²) in [5.74, 6) is 1.60. The first-order valence-electron chi connectivity index (χ1n) is 19.5. The Hall–Kier alpha value is -8.34. The molecule has 0 aliphatic rings. The fraction of sp³-hybridized carbons (Fsp3) is 0. The molecule has 12 aromatic rings. The standard InChI is InChI=1S/C52H30N6O/c1-53-47-44(57-40-27-12-8-21-34(40)35-22-9-13-28-41(35)57)31-45(58-42-29-14-10-23-36(42)37-24-11-15-30-43(37)58)49-46(47)38-25-16-26-39(48(38)59-49)52-55-50(32-17-4-2-5-18-32)54-51(56-52)33-19-6-3-7-20-33/h2-31H. The van der Waals surface area contributed by atoms with Crippen LogP contribution in [0.1, 0.15) is 0 Å². The highest BCUT2D eigenvalue weighted by molar-refractivity contribution is 6.21.